The molecule has 0 aliphatic carbocycles. The van der Waals surface area contributed by atoms with Crippen LogP contribution in [0.4, 0.5) is 11.4 Å². The lowest BCUT2D eigenvalue weighted by molar-refractivity contribution is -0.385. The minimum Gasteiger partial charge on any atom is -0.326 e. The minimum atomic E-state index is -0.408. The minimum absolute atomic E-state index is 0.0582. The Bertz CT molecular complexity index is 530. The molecular formula is C14H19N3O3. The third kappa shape index (κ3) is 2.96. The smallest absolute Gasteiger partial charge is 0.274 e. The molecule has 2 atom stereocenters. The van der Waals surface area contributed by atoms with E-state index in [1.165, 1.54) is 6.07 Å². The summed E-state index contributed by atoms with van der Waals surface area (Å²) in [5.41, 5.74) is 1.21. The van der Waals surface area contributed by atoms with Gasteiger partial charge in [0.05, 0.1) is 10.8 Å². The summed E-state index contributed by atoms with van der Waals surface area (Å²) in [5, 5.41) is 17.0. The lowest BCUT2D eigenvalue weighted by Crippen LogP contribution is -2.32. The van der Waals surface area contributed by atoms with E-state index in [0.29, 0.717) is 17.7 Å². The van der Waals surface area contributed by atoms with Crippen molar-refractivity contribution in [3.63, 3.8) is 0 Å². The third-order valence-electron chi connectivity index (χ3n) is 3.79. The van der Waals surface area contributed by atoms with Crippen LogP contribution < -0.4 is 10.6 Å². The normalized spacial score (nSPS) is 21.7. The number of hydrogen-bond donors (Lipinski definition) is 2. The second-order valence-corrected chi connectivity index (χ2v) is 5.08. The first-order valence-corrected chi connectivity index (χ1v) is 6.84. The van der Waals surface area contributed by atoms with Crippen molar-refractivity contribution in [2.75, 3.05) is 11.9 Å². The van der Waals surface area contributed by atoms with Crippen molar-refractivity contribution in [3.8, 4) is 0 Å². The first-order valence-electron chi connectivity index (χ1n) is 6.84. The SMILES string of the molecule is CCc1ccc(NC(=O)C2CCNC2C)cc1[N+](=O)[O-]. The van der Waals surface area contributed by atoms with Crippen molar-refractivity contribution in [2.24, 2.45) is 5.92 Å². The number of carbonyl (C=O) groups excluding carboxylic acids is 1. The van der Waals surface area contributed by atoms with Crippen molar-refractivity contribution < 1.29 is 9.72 Å². The Hall–Kier alpha value is -1.95. The van der Waals surface area contributed by atoms with Crippen LogP contribution in [0.1, 0.15) is 25.8 Å². The molecule has 0 aromatic heterocycles. The van der Waals surface area contributed by atoms with Gasteiger partial charge in [0, 0.05) is 23.4 Å². The number of nitrogens with zero attached hydrogens (tertiary/aromatic N) is 1. The summed E-state index contributed by atoms with van der Waals surface area (Å²) in [6.45, 7) is 4.67. The number of nitrogens with one attached hydrogen (secondary N) is 2. The number of anilines is 1. The van der Waals surface area contributed by atoms with Crippen molar-refractivity contribution in [1.82, 2.24) is 5.32 Å². The molecule has 0 radical (unpaired) electrons. The second kappa shape index (κ2) is 6.00. The van der Waals surface area contributed by atoms with Crippen LogP contribution in [-0.4, -0.2) is 23.4 Å². The number of carbonyl (C=O) groups is 1. The highest BCUT2D eigenvalue weighted by Crippen LogP contribution is 2.25. The molecule has 1 aromatic carbocycles. The van der Waals surface area contributed by atoms with Gasteiger partial charge in [-0.3, -0.25) is 14.9 Å². The number of rotatable bonds is 4. The van der Waals surface area contributed by atoms with Gasteiger partial charge in [0.25, 0.3) is 5.69 Å². The molecular weight excluding hydrogens is 258 g/mol. The number of hydrogen-bond acceptors (Lipinski definition) is 4. The highest BCUT2D eigenvalue weighted by atomic mass is 16.6. The van der Waals surface area contributed by atoms with Crippen LogP contribution in [0.15, 0.2) is 18.2 Å². The van der Waals surface area contributed by atoms with Gasteiger partial charge in [-0.1, -0.05) is 13.0 Å². The van der Waals surface area contributed by atoms with Crippen LogP contribution in [0.2, 0.25) is 0 Å². The summed E-state index contributed by atoms with van der Waals surface area (Å²) in [7, 11) is 0. The molecule has 1 heterocycles. The topological polar surface area (TPSA) is 84.3 Å². The van der Waals surface area contributed by atoms with Crippen LogP contribution in [0.3, 0.4) is 0 Å². The zero-order chi connectivity index (χ0) is 14.7. The molecule has 6 heteroatoms. The third-order valence-corrected chi connectivity index (χ3v) is 3.79. The number of benzene rings is 1. The maximum atomic E-state index is 12.1. The lowest BCUT2D eigenvalue weighted by atomic mass is 10.0. The maximum absolute atomic E-state index is 12.1. The summed E-state index contributed by atoms with van der Waals surface area (Å²) in [5.74, 6) is -0.166. The molecule has 1 saturated heterocycles. The second-order valence-electron chi connectivity index (χ2n) is 5.08. The zero-order valence-electron chi connectivity index (χ0n) is 11.7. The molecule has 1 aliphatic rings. The van der Waals surface area contributed by atoms with Gasteiger partial charge in [0.1, 0.15) is 0 Å². The van der Waals surface area contributed by atoms with Crippen molar-refractivity contribution in [1.29, 1.82) is 0 Å². The highest BCUT2D eigenvalue weighted by molar-refractivity contribution is 5.93. The number of amides is 1. The Morgan fingerprint density at radius 2 is 2.30 bits per heavy atom. The molecule has 2 rings (SSSR count). The van der Waals surface area contributed by atoms with Gasteiger partial charge >= 0.3 is 0 Å². The van der Waals surface area contributed by atoms with E-state index in [1.807, 2.05) is 13.8 Å². The van der Waals surface area contributed by atoms with E-state index in [0.717, 1.165) is 13.0 Å². The van der Waals surface area contributed by atoms with E-state index in [2.05, 4.69) is 10.6 Å². The molecule has 6 nitrogen and oxygen atoms in total. The number of nitro benzene ring substituents is 1. The van der Waals surface area contributed by atoms with Crippen LogP contribution in [0, 0.1) is 16.0 Å². The predicted octanol–water partition coefficient (Wildman–Crippen LogP) is 2.09. The molecule has 20 heavy (non-hydrogen) atoms. The van der Waals surface area contributed by atoms with E-state index in [4.69, 9.17) is 0 Å². The Labute approximate surface area is 117 Å². The quantitative estimate of drug-likeness (QED) is 0.652. The molecule has 1 aliphatic heterocycles. The van der Waals surface area contributed by atoms with Crippen LogP contribution in [-0.2, 0) is 11.2 Å². The average Bonchev–Trinajstić information content (AvgIpc) is 2.85. The number of aryl methyl sites for hydroxylation is 1. The average molecular weight is 277 g/mol. The van der Waals surface area contributed by atoms with Gasteiger partial charge in [-0.2, -0.15) is 0 Å². The van der Waals surface area contributed by atoms with E-state index in [-0.39, 0.29) is 23.6 Å². The summed E-state index contributed by atoms with van der Waals surface area (Å²) >= 11 is 0. The van der Waals surface area contributed by atoms with Gasteiger partial charge in [0.2, 0.25) is 5.91 Å². The van der Waals surface area contributed by atoms with Gasteiger partial charge < -0.3 is 10.6 Å². The number of nitro groups is 1. The molecule has 2 unspecified atom stereocenters. The van der Waals surface area contributed by atoms with Gasteiger partial charge in [-0.25, -0.2) is 0 Å². The Morgan fingerprint density at radius 1 is 1.55 bits per heavy atom. The van der Waals surface area contributed by atoms with Crippen LogP contribution in [0.5, 0.6) is 0 Å². The highest BCUT2D eigenvalue weighted by Gasteiger charge is 2.29. The van der Waals surface area contributed by atoms with E-state index >= 15 is 0 Å². The zero-order valence-corrected chi connectivity index (χ0v) is 11.7. The summed E-state index contributed by atoms with van der Waals surface area (Å²) < 4.78 is 0. The Morgan fingerprint density at radius 3 is 2.85 bits per heavy atom. The largest absolute Gasteiger partial charge is 0.326 e. The summed E-state index contributed by atoms with van der Waals surface area (Å²) in [6, 6.07) is 4.99. The van der Waals surface area contributed by atoms with Crippen LogP contribution in [0.25, 0.3) is 0 Å². The van der Waals surface area contributed by atoms with Crippen molar-refractivity contribution in [3.05, 3.63) is 33.9 Å². The Balaban J connectivity index is 2.15. The molecule has 1 aromatic rings. The van der Waals surface area contributed by atoms with E-state index in [9.17, 15) is 14.9 Å². The molecule has 108 valence electrons. The van der Waals surface area contributed by atoms with Gasteiger partial charge in [-0.05, 0) is 32.4 Å². The van der Waals surface area contributed by atoms with Gasteiger partial charge in [-0.15, -0.1) is 0 Å². The standard InChI is InChI=1S/C14H19N3O3/c1-3-10-4-5-11(8-13(10)17(19)20)16-14(18)12-6-7-15-9(12)2/h4-5,8-9,12,15H,3,6-7H2,1-2H3,(H,16,18). The molecule has 0 saturated carbocycles. The summed E-state index contributed by atoms with van der Waals surface area (Å²) in [4.78, 5) is 22.7. The molecule has 1 fully saturated rings. The first-order chi connectivity index (χ1) is 9.52. The first kappa shape index (κ1) is 14.5. The van der Waals surface area contributed by atoms with Crippen LogP contribution >= 0.6 is 0 Å². The lowest BCUT2D eigenvalue weighted by Gasteiger charge is -2.15. The molecule has 0 spiro atoms. The fourth-order valence-corrected chi connectivity index (χ4v) is 2.56. The van der Waals surface area contributed by atoms with Crippen molar-refractivity contribution >= 4 is 17.3 Å². The van der Waals surface area contributed by atoms with Gasteiger partial charge in [0.15, 0.2) is 0 Å². The summed E-state index contributed by atoms with van der Waals surface area (Å²) in [6.07, 6.45) is 1.39. The fraction of sp³-hybridized carbons (Fsp3) is 0.500. The molecule has 1 amide bonds. The van der Waals surface area contributed by atoms with Crippen molar-refractivity contribution in [2.45, 2.75) is 32.7 Å². The molecule has 0 bridgehead atoms. The molecule has 2 N–H and O–H groups in total. The predicted molar refractivity (Wildman–Crippen MR) is 76.7 cm³/mol. The maximum Gasteiger partial charge on any atom is 0.274 e. The Kier molecular flexibility index (Phi) is 4.34. The monoisotopic (exact) mass is 277 g/mol. The van der Waals surface area contributed by atoms with E-state index in [1.54, 1.807) is 12.1 Å². The fourth-order valence-electron chi connectivity index (χ4n) is 2.56. The van der Waals surface area contributed by atoms with E-state index < -0.39 is 4.92 Å².